The van der Waals surface area contributed by atoms with Crippen molar-refractivity contribution in [1.29, 1.82) is 0 Å². The minimum Gasteiger partial charge on any atom is -0.380 e. The molecule has 0 aliphatic carbocycles. The largest absolute Gasteiger partial charge is 0.380 e. The van der Waals surface area contributed by atoms with Crippen LogP contribution in [0.15, 0.2) is 0 Å². The first kappa shape index (κ1) is 12.9. The number of ether oxygens (including phenoxy) is 1. The van der Waals surface area contributed by atoms with Gasteiger partial charge in [0.05, 0.1) is 6.61 Å². The molecule has 0 aliphatic heterocycles. The third-order valence-electron chi connectivity index (χ3n) is 1.91. The summed E-state index contributed by atoms with van der Waals surface area (Å²) in [6.07, 6.45) is 2.36. The Balaban J connectivity index is 3.12. The Kier molecular flexibility index (Phi) is 8.46. The van der Waals surface area contributed by atoms with Crippen molar-refractivity contribution in [3.63, 3.8) is 0 Å². The van der Waals surface area contributed by atoms with Gasteiger partial charge in [-0.3, -0.25) is 0 Å². The van der Waals surface area contributed by atoms with Crippen LogP contribution in [0.5, 0.6) is 0 Å². The summed E-state index contributed by atoms with van der Waals surface area (Å²) in [6.45, 7) is 11.6. The van der Waals surface area contributed by atoms with E-state index in [4.69, 9.17) is 4.74 Å². The third kappa shape index (κ3) is 9.84. The molecular formula is C11H25NO. The van der Waals surface area contributed by atoms with E-state index in [1.54, 1.807) is 0 Å². The zero-order valence-electron chi connectivity index (χ0n) is 9.60. The van der Waals surface area contributed by atoms with Crippen LogP contribution in [0.4, 0.5) is 0 Å². The molecule has 1 atom stereocenters. The van der Waals surface area contributed by atoms with Gasteiger partial charge < -0.3 is 10.1 Å². The first-order valence-electron chi connectivity index (χ1n) is 5.48. The fraction of sp³-hybridized carbons (Fsp3) is 1.00. The fourth-order valence-electron chi connectivity index (χ4n) is 1.41. The molecule has 13 heavy (non-hydrogen) atoms. The summed E-state index contributed by atoms with van der Waals surface area (Å²) in [7, 11) is 0. The topological polar surface area (TPSA) is 21.3 Å². The second kappa shape index (κ2) is 8.52. The molecule has 1 unspecified atom stereocenters. The summed E-state index contributed by atoms with van der Waals surface area (Å²) < 4.78 is 5.38. The number of hydrogen-bond donors (Lipinski definition) is 1. The minimum atomic E-state index is 0.616. The van der Waals surface area contributed by atoms with E-state index in [-0.39, 0.29) is 0 Å². The van der Waals surface area contributed by atoms with Crippen LogP contribution < -0.4 is 5.32 Å². The predicted molar refractivity (Wildman–Crippen MR) is 58.0 cm³/mol. The van der Waals surface area contributed by atoms with Crippen molar-refractivity contribution in [3.8, 4) is 0 Å². The highest BCUT2D eigenvalue weighted by molar-refractivity contribution is 4.61. The van der Waals surface area contributed by atoms with Crippen LogP contribution in [0.25, 0.3) is 0 Å². The highest BCUT2D eigenvalue weighted by atomic mass is 16.5. The van der Waals surface area contributed by atoms with Crippen molar-refractivity contribution in [1.82, 2.24) is 5.32 Å². The first-order chi connectivity index (χ1) is 6.16. The lowest BCUT2D eigenvalue weighted by Gasteiger charge is -2.15. The van der Waals surface area contributed by atoms with E-state index in [2.05, 4.69) is 33.0 Å². The van der Waals surface area contributed by atoms with Crippen LogP contribution in [0.1, 0.15) is 40.5 Å². The fourth-order valence-corrected chi connectivity index (χ4v) is 1.41. The maximum absolute atomic E-state index is 5.38. The average molecular weight is 187 g/mol. The van der Waals surface area contributed by atoms with Gasteiger partial charge in [0.2, 0.25) is 0 Å². The normalized spacial score (nSPS) is 13.6. The molecule has 0 aromatic heterocycles. The quantitative estimate of drug-likeness (QED) is 0.589. The molecule has 0 fully saturated rings. The van der Waals surface area contributed by atoms with Crippen LogP contribution in [-0.2, 0) is 4.74 Å². The molecule has 0 aromatic carbocycles. The third-order valence-corrected chi connectivity index (χ3v) is 1.91. The van der Waals surface area contributed by atoms with Gasteiger partial charge in [-0.1, -0.05) is 20.8 Å². The molecule has 2 nitrogen and oxygen atoms in total. The molecule has 0 aliphatic rings. The average Bonchev–Trinajstić information content (AvgIpc) is 2.02. The summed E-state index contributed by atoms with van der Waals surface area (Å²) in [5.74, 6) is 0.777. The van der Waals surface area contributed by atoms with Crippen LogP contribution in [0, 0.1) is 5.92 Å². The SMILES string of the molecule is CCCOCCNC(C)CC(C)C. The Morgan fingerprint density at radius 3 is 2.38 bits per heavy atom. The molecule has 0 spiro atoms. The van der Waals surface area contributed by atoms with Gasteiger partial charge in [-0.15, -0.1) is 0 Å². The maximum Gasteiger partial charge on any atom is 0.0590 e. The van der Waals surface area contributed by atoms with E-state index in [0.29, 0.717) is 6.04 Å². The lowest BCUT2D eigenvalue weighted by Crippen LogP contribution is -2.30. The molecule has 0 rings (SSSR count). The predicted octanol–water partition coefficient (Wildman–Crippen LogP) is 2.44. The second-order valence-electron chi connectivity index (χ2n) is 4.10. The van der Waals surface area contributed by atoms with Crippen LogP contribution in [-0.4, -0.2) is 25.8 Å². The zero-order valence-corrected chi connectivity index (χ0v) is 9.60. The van der Waals surface area contributed by atoms with Crippen molar-refractivity contribution in [2.45, 2.75) is 46.6 Å². The van der Waals surface area contributed by atoms with Gasteiger partial charge >= 0.3 is 0 Å². The number of hydrogen-bond acceptors (Lipinski definition) is 2. The summed E-state index contributed by atoms with van der Waals surface area (Å²) in [6, 6.07) is 0.616. The smallest absolute Gasteiger partial charge is 0.0590 e. The molecule has 80 valence electrons. The van der Waals surface area contributed by atoms with Crippen LogP contribution in [0.3, 0.4) is 0 Å². The molecule has 0 saturated carbocycles. The van der Waals surface area contributed by atoms with Crippen molar-refractivity contribution in [3.05, 3.63) is 0 Å². The molecule has 0 saturated heterocycles. The van der Waals surface area contributed by atoms with E-state index < -0.39 is 0 Å². The van der Waals surface area contributed by atoms with E-state index in [1.165, 1.54) is 6.42 Å². The van der Waals surface area contributed by atoms with Crippen LogP contribution in [0.2, 0.25) is 0 Å². The van der Waals surface area contributed by atoms with Crippen LogP contribution >= 0.6 is 0 Å². The lowest BCUT2D eigenvalue weighted by atomic mass is 10.1. The van der Waals surface area contributed by atoms with Gasteiger partial charge in [-0.05, 0) is 25.7 Å². The van der Waals surface area contributed by atoms with Crippen molar-refractivity contribution in [2.24, 2.45) is 5.92 Å². The Morgan fingerprint density at radius 1 is 1.15 bits per heavy atom. The van der Waals surface area contributed by atoms with Gasteiger partial charge in [0.1, 0.15) is 0 Å². The van der Waals surface area contributed by atoms with Gasteiger partial charge in [-0.2, -0.15) is 0 Å². The van der Waals surface area contributed by atoms with Gasteiger partial charge in [0.15, 0.2) is 0 Å². The summed E-state index contributed by atoms with van der Waals surface area (Å²) in [5.41, 5.74) is 0. The van der Waals surface area contributed by atoms with Gasteiger partial charge in [0.25, 0.3) is 0 Å². The Morgan fingerprint density at radius 2 is 1.85 bits per heavy atom. The van der Waals surface area contributed by atoms with Gasteiger partial charge in [0, 0.05) is 19.2 Å². The Labute approximate surface area is 83.1 Å². The molecule has 2 heteroatoms. The molecule has 0 aromatic rings. The van der Waals surface area contributed by atoms with E-state index in [1.807, 2.05) is 0 Å². The monoisotopic (exact) mass is 187 g/mol. The van der Waals surface area contributed by atoms with E-state index in [9.17, 15) is 0 Å². The van der Waals surface area contributed by atoms with Crippen molar-refractivity contribution in [2.75, 3.05) is 19.8 Å². The van der Waals surface area contributed by atoms with Crippen molar-refractivity contribution >= 4 is 0 Å². The Bertz CT molecular complexity index is 104. The van der Waals surface area contributed by atoms with Gasteiger partial charge in [-0.25, -0.2) is 0 Å². The highest BCUT2D eigenvalue weighted by Crippen LogP contribution is 2.02. The van der Waals surface area contributed by atoms with E-state index in [0.717, 1.165) is 32.1 Å². The molecule has 0 radical (unpaired) electrons. The molecule has 1 N–H and O–H groups in total. The molecule has 0 heterocycles. The maximum atomic E-state index is 5.38. The molecular weight excluding hydrogens is 162 g/mol. The lowest BCUT2D eigenvalue weighted by molar-refractivity contribution is 0.134. The standard InChI is InChI=1S/C11H25NO/c1-5-7-13-8-6-12-11(4)9-10(2)3/h10-12H,5-9H2,1-4H3. The second-order valence-corrected chi connectivity index (χ2v) is 4.10. The molecule has 0 bridgehead atoms. The molecule has 0 amide bonds. The van der Waals surface area contributed by atoms with Crippen molar-refractivity contribution < 1.29 is 4.74 Å². The number of nitrogens with one attached hydrogen (secondary N) is 1. The summed E-state index contributed by atoms with van der Waals surface area (Å²) in [5, 5.41) is 3.45. The summed E-state index contributed by atoms with van der Waals surface area (Å²) in [4.78, 5) is 0. The summed E-state index contributed by atoms with van der Waals surface area (Å²) >= 11 is 0. The Hall–Kier alpha value is -0.0800. The van der Waals surface area contributed by atoms with E-state index >= 15 is 0 Å². The first-order valence-corrected chi connectivity index (χ1v) is 5.48. The minimum absolute atomic E-state index is 0.616. The zero-order chi connectivity index (χ0) is 10.1. The number of rotatable bonds is 8. The highest BCUT2D eigenvalue weighted by Gasteiger charge is 2.02.